The molecule has 17 heteroatoms. The van der Waals surface area contributed by atoms with Crippen molar-refractivity contribution in [1.29, 1.82) is 0 Å². The second kappa shape index (κ2) is 14.1. The Labute approximate surface area is 291 Å². The largest absolute Gasteiger partial charge is 0.490 e. The fraction of sp³-hybridized carbons (Fsp3) is 0.441. The van der Waals surface area contributed by atoms with Crippen molar-refractivity contribution in [3.63, 3.8) is 0 Å². The molecule has 2 N–H and O–H groups in total. The summed E-state index contributed by atoms with van der Waals surface area (Å²) in [5, 5.41) is 25.6. The van der Waals surface area contributed by atoms with Crippen LogP contribution in [0.5, 0.6) is 5.75 Å². The van der Waals surface area contributed by atoms with Crippen LogP contribution in [0.3, 0.4) is 0 Å². The first-order chi connectivity index (χ1) is 24.1. The Bertz CT molecular complexity index is 2070. The SMILES string of the molecule is Cc1ccc(C(CC(=O)O)c2cc(OC3CC3)c3c(c2)nnn3C)cc1CN1C[C@H]2CCCCN2c2ncccc2S1(=O)=O.O=C(O)C(F)(F)F. The van der Waals surface area contributed by atoms with Crippen LogP contribution in [0, 0.1) is 6.92 Å². The molecule has 1 saturated carbocycles. The molecule has 2 fully saturated rings. The minimum Gasteiger partial charge on any atom is -0.488 e. The van der Waals surface area contributed by atoms with Crippen molar-refractivity contribution in [3.05, 3.63) is 70.9 Å². The molecule has 0 radical (unpaired) electrons. The van der Waals surface area contributed by atoms with Gasteiger partial charge in [0.1, 0.15) is 27.5 Å². The maximum absolute atomic E-state index is 14.1. The van der Waals surface area contributed by atoms with Crippen LogP contribution in [0.1, 0.15) is 66.7 Å². The second-order valence-electron chi connectivity index (χ2n) is 13.0. The van der Waals surface area contributed by atoms with Crippen LogP contribution in [0.25, 0.3) is 11.0 Å². The highest BCUT2D eigenvalue weighted by Crippen LogP contribution is 2.39. The Morgan fingerprint density at radius 3 is 2.49 bits per heavy atom. The molecule has 51 heavy (non-hydrogen) atoms. The van der Waals surface area contributed by atoms with Crippen molar-refractivity contribution in [2.75, 3.05) is 18.0 Å². The van der Waals surface area contributed by atoms with E-state index in [0.717, 1.165) is 66.4 Å². The number of benzene rings is 2. The number of pyridine rings is 1. The summed E-state index contributed by atoms with van der Waals surface area (Å²) in [4.78, 5) is 28.0. The lowest BCUT2D eigenvalue weighted by molar-refractivity contribution is -0.192. The van der Waals surface area contributed by atoms with Gasteiger partial charge in [-0.15, -0.1) is 5.10 Å². The molecular weight excluding hydrogens is 693 g/mol. The van der Waals surface area contributed by atoms with Gasteiger partial charge in [-0.1, -0.05) is 23.4 Å². The van der Waals surface area contributed by atoms with E-state index < -0.39 is 34.1 Å². The Balaban J connectivity index is 0.000000582. The highest BCUT2D eigenvalue weighted by molar-refractivity contribution is 7.89. The number of hydrogen-bond donors (Lipinski definition) is 2. The summed E-state index contributed by atoms with van der Waals surface area (Å²) in [5.41, 5.74) is 4.76. The van der Waals surface area contributed by atoms with Gasteiger partial charge < -0.3 is 19.8 Å². The van der Waals surface area contributed by atoms with Crippen molar-refractivity contribution < 1.29 is 46.1 Å². The Morgan fingerprint density at radius 1 is 1.06 bits per heavy atom. The van der Waals surface area contributed by atoms with E-state index in [0.29, 0.717) is 23.6 Å². The number of aromatic nitrogens is 4. The lowest BCUT2D eigenvalue weighted by Crippen LogP contribution is -2.45. The van der Waals surface area contributed by atoms with Gasteiger partial charge >= 0.3 is 18.1 Å². The molecule has 13 nitrogen and oxygen atoms in total. The molecule has 2 aliphatic heterocycles. The number of halogens is 3. The molecular formula is C34H37F3N6O7S. The molecule has 0 amide bonds. The van der Waals surface area contributed by atoms with E-state index in [2.05, 4.69) is 20.2 Å². The van der Waals surface area contributed by atoms with Crippen molar-refractivity contribution in [3.8, 4) is 5.75 Å². The van der Waals surface area contributed by atoms with Gasteiger partial charge in [0.25, 0.3) is 0 Å². The van der Waals surface area contributed by atoms with Gasteiger partial charge in [0.05, 0.1) is 12.5 Å². The van der Waals surface area contributed by atoms with Crippen LogP contribution in [0.2, 0.25) is 0 Å². The number of anilines is 1. The molecule has 7 rings (SSSR count). The van der Waals surface area contributed by atoms with Crippen molar-refractivity contribution in [2.24, 2.45) is 7.05 Å². The minimum absolute atomic E-state index is 0.0431. The number of alkyl halides is 3. The highest BCUT2D eigenvalue weighted by Gasteiger charge is 2.40. The van der Waals surface area contributed by atoms with Crippen LogP contribution >= 0.6 is 0 Å². The number of piperidine rings is 1. The van der Waals surface area contributed by atoms with E-state index in [-0.39, 0.29) is 30.0 Å². The molecule has 3 aliphatic rings. The van der Waals surface area contributed by atoms with Crippen LogP contribution in [0.4, 0.5) is 19.0 Å². The highest BCUT2D eigenvalue weighted by atomic mass is 32.2. The zero-order chi connectivity index (χ0) is 36.7. The maximum atomic E-state index is 14.1. The topological polar surface area (TPSA) is 168 Å². The van der Waals surface area contributed by atoms with Crippen molar-refractivity contribution >= 4 is 38.8 Å². The number of carbonyl (C=O) groups is 2. The molecule has 2 atom stereocenters. The number of aliphatic carboxylic acids is 2. The van der Waals surface area contributed by atoms with Gasteiger partial charge in [-0.2, -0.15) is 17.5 Å². The van der Waals surface area contributed by atoms with E-state index in [4.69, 9.17) is 14.6 Å². The number of sulfonamides is 1. The third kappa shape index (κ3) is 7.78. The van der Waals surface area contributed by atoms with Crippen LogP contribution in [-0.4, -0.2) is 86.3 Å². The van der Waals surface area contributed by atoms with E-state index in [1.807, 2.05) is 44.3 Å². The summed E-state index contributed by atoms with van der Waals surface area (Å²) in [6.07, 6.45) is 1.49. The summed E-state index contributed by atoms with van der Waals surface area (Å²) in [6, 6.07) is 13.0. The molecule has 272 valence electrons. The summed E-state index contributed by atoms with van der Waals surface area (Å²) in [5.74, 6) is -3.00. The number of aryl methyl sites for hydroxylation is 2. The summed E-state index contributed by atoms with van der Waals surface area (Å²) >= 11 is 0. The average molecular weight is 731 g/mol. The lowest BCUT2D eigenvalue weighted by atomic mass is 9.86. The first-order valence-electron chi connectivity index (χ1n) is 16.5. The number of rotatable bonds is 8. The van der Waals surface area contributed by atoms with Gasteiger partial charge in [-0.05, 0) is 85.5 Å². The van der Waals surface area contributed by atoms with Gasteiger partial charge in [-0.25, -0.2) is 22.9 Å². The number of hydrogen-bond acceptors (Lipinski definition) is 9. The number of carboxylic acid groups (broad SMARTS) is 2. The number of ether oxygens (including phenoxy) is 1. The third-order valence-corrected chi connectivity index (χ3v) is 11.2. The van der Waals surface area contributed by atoms with E-state index >= 15 is 0 Å². The monoisotopic (exact) mass is 730 g/mol. The smallest absolute Gasteiger partial charge is 0.488 e. The minimum atomic E-state index is -5.08. The van der Waals surface area contributed by atoms with Gasteiger partial charge in [0.15, 0.2) is 0 Å². The fourth-order valence-electron chi connectivity index (χ4n) is 6.59. The molecule has 0 spiro atoms. The second-order valence-corrected chi connectivity index (χ2v) is 14.9. The zero-order valence-corrected chi connectivity index (χ0v) is 28.7. The van der Waals surface area contributed by atoms with Gasteiger partial charge in [0, 0.05) is 44.8 Å². The first kappa shape index (κ1) is 36.0. The summed E-state index contributed by atoms with van der Waals surface area (Å²) < 4.78 is 69.4. The van der Waals surface area contributed by atoms with Crippen LogP contribution in [-0.2, 0) is 33.2 Å². The van der Waals surface area contributed by atoms with E-state index in [9.17, 15) is 31.5 Å². The Kier molecular flexibility index (Phi) is 9.96. The normalized spacial score (nSPS) is 19.2. The Hall–Kier alpha value is -4.77. The molecule has 1 aliphatic carbocycles. The van der Waals surface area contributed by atoms with Crippen LogP contribution < -0.4 is 9.64 Å². The standard InChI is InChI=1S/C32H36N6O5S.C2HF3O2/c1-20-8-9-21(26(17-30(39)40)22-15-27-31(36(2)35-34-27)28(16-22)43-25-10-11-25)14-23(20)18-37-19-24-6-3-4-13-38(24)32-29(44(37,41)42)7-5-12-33-32;3-2(4,5)1(6)7/h5,7-9,12,14-16,24-26H,3-4,6,10-11,13,17-19H2,1-2H3,(H,39,40);(H,6,7)/t24-,26?;/m1./s1. The predicted octanol–water partition coefficient (Wildman–Crippen LogP) is 5.02. The summed E-state index contributed by atoms with van der Waals surface area (Å²) in [6.45, 7) is 3.29. The lowest BCUT2D eigenvalue weighted by Gasteiger charge is -2.36. The van der Waals surface area contributed by atoms with E-state index in [1.165, 1.54) is 0 Å². The number of carboxylic acids is 2. The molecule has 4 heterocycles. The summed E-state index contributed by atoms with van der Waals surface area (Å²) in [7, 11) is -2.02. The van der Waals surface area contributed by atoms with Gasteiger partial charge in [0.2, 0.25) is 10.0 Å². The number of nitrogens with zero attached hydrogens (tertiary/aromatic N) is 6. The zero-order valence-electron chi connectivity index (χ0n) is 27.9. The fourth-order valence-corrected chi connectivity index (χ4v) is 8.20. The quantitative estimate of drug-likeness (QED) is 0.250. The van der Waals surface area contributed by atoms with Crippen LogP contribution in [0.15, 0.2) is 53.6 Å². The van der Waals surface area contributed by atoms with Crippen molar-refractivity contribution in [2.45, 2.75) is 81.1 Å². The molecule has 2 aromatic carbocycles. The van der Waals surface area contributed by atoms with E-state index in [1.54, 1.807) is 27.3 Å². The molecule has 1 saturated heterocycles. The molecule has 2 aromatic heterocycles. The molecule has 4 aromatic rings. The third-order valence-electron chi connectivity index (χ3n) is 9.33. The number of fused-ring (bicyclic) bond motifs is 4. The van der Waals surface area contributed by atoms with Gasteiger partial charge in [-0.3, -0.25) is 4.79 Å². The molecule has 1 unspecified atom stereocenters. The first-order valence-corrected chi connectivity index (χ1v) is 17.9. The average Bonchev–Trinajstić information content (AvgIpc) is 3.83. The Morgan fingerprint density at radius 2 is 1.80 bits per heavy atom. The maximum Gasteiger partial charge on any atom is 0.490 e. The van der Waals surface area contributed by atoms with Crippen molar-refractivity contribution in [1.82, 2.24) is 24.3 Å². The predicted molar refractivity (Wildman–Crippen MR) is 178 cm³/mol. The molecule has 0 bridgehead atoms.